The van der Waals surface area contributed by atoms with Gasteiger partial charge in [-0.05, 0) is 13.8 Å². The molecule has 4 nitrogen and oxygen atoms in total. The van der Waals surface area contributed by atoms with Crippen LogP contribution in [0.2, 0.25) is 0 Å². The summed E-state index contributed by atoms with van der Waals surface area (Å²) >= 11 is 0. The lowest BCUT2D eigenvalue weighted by Gasteiger charge is -2.18. The summed E-state index contributed by atoms with van der Waals surface area (Å²) in [6.07, 6.45) is -1.10. The maximum Gasteiger partial charge on any atom is 0.336 e. The summed E-state index contributed by atoms with van der Waals surface area (Å²) < 4.78 is 10.2. The first kappa shape index (κ1) is 14.7. The molecule has 0 heterocycles. The Kier molecular flexibility index (Phi) is 5.06. The van der Waals surface area contributed by atoms with E-state index < -0.39 is 18.2 Å². The number of rotatable bonds is 5. The smallest absolute Gasteiger partial charge is 0.336 e. The van der Waals surface area contributed by atoms with Crippen molar-refractivity contribution in [2.24, 2.45) is 0 Å². The number of ether oxygens (including phenoxy) is 2. The minimum atomic E-state index is -1.10. The van der Waals surface area contributed by atoms with Gasteiger partial charge in [0, 0.05) is 16.7 Å². The van der Waals surface area contributed by atoms with E-state index in [9.17, 15) is 9.59 Å². The fourth-order valence-corrected chi connectivity index (χ4v) is 1.17. The van der Waals surface area contributed by atoms with Gasteiger partial charge in [-0.2, -0.15) is 0 Å². The number of benzene rings is 1. The van der Waals surface area contributed by atoms with E-state index in [0.29, 0.717) is 5.56 Å². The van der Waals surface area contributed by atoms with Crippen LogP contribution in [0.5, 0.6) is 0 Å². The van der Waals surface area contributed by atoms with Crippen LogP contribution in [0.4, 0.5) is 0 Å². The second-order valence-electron chi connectivity index (χ2n) is 4.11. The van der Waals surface area contributed by atoms with E-state index in [0.717, 1.165) is 0 Å². The Morgan fingerprint density at radius 3 is 1.74 bits per heavy atom. The Hall–Kier alpha value is -2.36. The van der Waals surface area contributed by atoms with Crippen molar-refractivity contribution in [2.75, 3.05) is 0 Å². The third-order valence-corrected chi connectivity index (χ3v) is 2.20. The van der Waals surface area contributed by atoms with Crippen molar-refractivity contribution in [3.63, 3.8) is 0 Å². The van der Waals surface area contributed by atoms with Crippen molar-refractivity contribution in [1.82, 2.24) is 0 Å². The van der Waals surface area contributed by atoms with Gasteiger partial charge in [0.25, 0.3) is 6.29 Å². The van der Waals surface area contributed by atoms with E-state index in [4.69, 9.17) is 9.47 Å². The van der Waals surface area contributed by atoms with Gasteiger partial charge in [0.05, 0.1) is 0 Å². The fraction of sp³-hybridized carbons (Fsp3) is 0.200. The predicted octanol–water partition coefficient (Wildman–Crippen LogP) is 2.92. The molecule has 0 amide bonds. The number of hydrogen-bond donors (Lipinski definition) is 0. The molecule has 0 fully saturated rings. The first-order valence-corrected chi connectivity index (χ1v) is 5.69. The van der Waals surface area contributed by atoms with Crippen molar-refractivity contribution >= 4 is 11.9 Å². The summed E-state index contributed by atoms with van der Waals surface area (Å²) in [5.74, 6) is -1.24. The molecule has 0 N–H and O–H groups in total. The Morgan fingerprint density at radius 1 is 0.947 bits per heavy atom. The van der Waals surface area contributed by atoms with E-state index in [1.54, 1.807) is 24.3 Å². The van der Waals surface area contributed by atoms with Crippen LogP contribution >= 0.6 is 0 Å². The monoisotopic (exact) mass is 260 g/mol. The van der Waals surface area contributed by atoms with Crippen molar-refractivity contribution in [3.8, 4) is 0 Å². The molecule has 0 aliphatic heterocycles. The summed E-state index contributed by atoms with van der Waals surface area (Å²) in [4.78, 5) is 23.1. The summed E-state index contributed by atoms with van der Waals surface area (Å²) in [5, 5.41) is 0. The molecule has 4 heteroatoms. The number of esters is 2. The molecule has 19 heavy (non-hydrogen) atoms. The lowest BCUT2D eigenvalue weighted by atomic mass is 10.2. The minimum absolute atomic E-state index is 0.229. The fourth-order valence-electron chi connectivity index (χ4n) is 1.17. The molecule has 0 saturated heterocycles. The van der Waals surface area contributed by atoms with E-state index in [1.165, 1.54) is 13.8 Å². The molecule has 1 aromatic rings. The third kappa shape index (κ3) is 4.43. The van der Waals surface area contributed by atoms with Crippen LogP contribution < -0.4 is 0 Å². The van der Waals surface area contributed by atoms with Crippen LogP contribution in [0.15, 0.2) is 54.6 Å². The molecular formula is C15H16O4. The highest BCUT2D eigenvalue weighted by Crippen LogP contribution is 2.21. The Balaban J connectivity index is 2.91. The Morgan fingerprint density at radius 2 is 1.37 bits per heavy atom. The predicted molar refractivity (Wildman–Crippen MR) is 71.0 cm³/mol. The molecule has 1 aromatic carbocycles. The van der Waals surface area contributed by atoms with E-state index in [2.05, 4.69) is 13.2 Å². The van der Waals surface area contributed by atoms with Gasteiger partial charge in [-0.25, -0.2) is 9.59 Å². The summed E-state index contributed by atoms with van der Waals surface area (Å²) in [6, 6.07) is 8.71. The molecule has 0 saturated carbocycles. The van der Waals surface area contributed by atoms with Crippen LogP contribution in [0.1, 0.15) is 25.7 Å². The van der Waals surface area contributed by atoms with Gasteiger partial charge in [-0.1, -0.05) is 43.5 Å². The zero-order valence-corrected chi connectivity index (χ0v) is 11.0. The molecule has 0 unspecified atom stereocenters. The number of hydrogen-bond acceptors (Lipinski definition) is 4. The maximum absolute atomic E-state index is 11.5. The molecule has 0 bridgehead atoms. The van der Waals surface area contributed by atoms with Gasteiger partial charge in [-0.15, -0.1) is 0 Å². The molecule has 0 aliphatic rings. The van der Waals surface area contributed by atoms with E-state index in [1.807, 2.05) is 6.07 Å². The van der Waals surface area contributed by atoms with Crippen LogP contribution in [0.25, 0.3) is 0 Å². The standard InChI is InChI=1S/C15H16O4/c1-10(2)13(16)18-15(19-14(17)11(3)4)12-8-6-5-7-9-12/h5-9,15H,1,3H2,2,4H3. The molecule has 0 atom stereocenters. The van der Waals surface area contributed by atoms with Crippen LogP contribution in [-0.4, -0.2) is 11.9 Å². The molecular weight excluding hydrogens is 244 g/mol. The van der Waals surface area contributed by atoms with Crippen LogP contribution in [-0.2, 0) is 19.1 Å². The molecule has 0 radical (unpaired) electrons. The van der Waals surface area contributed by atoms with Crippen molar-refractivity contribution in [1.29, 1.82) is 0 Å². The van der Waals surface area contributed by atoms with Crippen molar-refractivity contribution in [3.05, 3.63) is 60.2 Å². The minimum Gasteiger partial charge on any atom is -0.417 e. The summed E-state index contributed by atoms with van der Waals surface area (Å²) in [5.41, 5.74) is 1.02. The molecule has 100 valence electrons. The highest BCUT2D eigenvalue weighted by atomic mass is 16.7. The largest absolute Gasteiger partial charge is 0.417 e. The van der Waals surface area contributed by atoms with Crippen LogP contribution in [0.3, 0.4) is 0 Å². The lowest BCUT2D eigenvalue weighted by Crippen LogP contribution is -2.18. The normalized spacial score (nSPS) is 9.84. The van der Waals surface area contributed by atoms with Crippen LogP contribution in [0, 0.1) is 0 Å². The quantitative estimate of drug-likeness (QED) is 0.464. The molecule has 1 rings (SSSR count). The SMILES string of the molecule is C=C(C)C(=O)OC(OC(=O)C(=C)C)c1ccccc1. The average Bonchev–Trinajstić information content (AvgIpc) is 2.38. The number of carbonyl (C=O) groups is 2. The zero-order valence-electron chi connectivity index (χ0n) is 11.0. The molecule has 0 aromatic heterocycles. The van der Waals surface area contributed by atoms with Gasteiger partial charge >= 0.3 is 11.9 Å². The Bertz CT molecular complexity index is 474. The van der Waals surface area contributed by atoms with Gasteiger partial charge < -0.3 is 9.47 Å². The van der Waals surface area contributed by atoms with E-state index >= 15 is 0 Å². The topological polar surface area (TPSA) is 52.6 Å². The van der Waals surface area contributed by atoms with Crippen molar-refractivity contribution < 1.29 is 19.1 Å². The van der Waals surface area contributed by atoms with Crippen molar-refractivity contribution in [2.45, 2.75) is 20.1 Å². The van der Waals surface area contributed by atoms with Gasteiger partial charge in [0.15, 0.2) is 0 Å². The second kappa shape index (κ2) is 6.54. The van der Waals surface area contributed by atoms with Gasteiger partial charge in [0.2, 0.25) is 0 Å². The first-order chi connectivity index (χ1) is 8.91. The lowest BCUT2D eigenvalue weighted by molar-refractivity contribution is -0.184. The maximum atomic E-state index is 11.5. The molecule has 0 aliphatic carbocycles. The highest BCUT2D eigenvalue weighted by molar-refractivity contribution is 5.88. The summed E-state index contributed by atoms with van der Waals surface area (Å²) in [7, 11) is 0. The third-order valence-electron chi connectivity index (χ3n) is 2.20. The highest BCUT2D eigenvalue weighted by Gasteiger charge is 2.21. The first-order valence-electron chi connectivity index (χ1n) is 5.69. The zero-order chi connectivity index (χ0) is 14.4. The van der Waals surface area contributed by atoms with Gasteiger partial charge in [0.1, 0.15) is 0 Å². The summed E-state index contributed by atoms with van der Waals surface area (Å²) in [6.45, 7) is 10.0. The van der Waals surface area contributed by atoms with Gasteiger partial charge in [-0.3, -0.25) is 0 Å². The van der Waals surface area contributed by atoms with E-state index in [-0.39, 0.29) is 11.1 Å². The Labute approximate surface area is 112 Å². The average molecular weight is 260 g/mol. The molecule has 0 spiro atoms. The number of carbonyl (C=O) groups excluding carboxylic acids is 2. The second-order valence-corrected chi connectivity index (χ2v) is 4.11.